The van der Waals surface area contributed by atoms with Crippen LogP contribution in [0.4, 0.5) is 13.2 Å². The van der Waals surface area contributed by atoms with Gasteiger partial charge in [0, 0.05) is 17.5 Å². The molecule has 0 fully saturated rings. The zero-order valence-corrected chi connectivity index (χ0v) is 11.1. The number of alkyl halides is 3. The van der Waals surface area contributed by atoms with Crippen LogP contribution >= 0.6 is 15.9 Å². The predicted molar refractivity (Wildman–Crippen MR) is 64.9 cm³/mol. The smallest absolute Gasteiger partial charge is 0.396 e. The van der Waals surface area contributed by atoms with E-state index in [9.17, 15) is 13.2 Å². The average Bonchev–Trinajstić information content (AvgIpc) is 2.77. The van der Waals surface area contributed by atoms with E-state index in [4.69, 9.17) is 5.11 Å². The highest BCUT2D eigenvalue weighted by Gasteiger charge is 2.34. The number of aromatic nitrogens is 3. The second-order valence-electron chi connectivity index (χ2n) is 3.79. The molecule has 8 heteroatoms. The third-order valence-corrected chi connectivity index (χ3v) is 2.91. The molecule has 102 valence electrons. The molecule has 0 radical (unpaired) electrons. The minimum absolute atomic E-state index is 0.104. The Morgan fingerprint density at radius 3 is 2.68 bits per heavy atom. The first kappa shape index (κ1) is 14.0. The number of hydrogen-bond acceptors (Lipinski definition) is 3. The zero-order valence-electron chi connectivity index (χ0n) is 9.52. The van der Waals surface area contributed by atoms with Crippen LogP contribution in [0, 0.1) is 0 Å². The zero-order chi connectivity index (χ0) is 14.0. The maximum Gasteiger partial charge on any atom is 0.418 e. The number of benzene rings is 1. The molecule has 4 nitrogen and oxygen atoms in total. The molecule has 0 bridgehead atoms. The van der Waals surface area contributed by atoms with Crippen LogP contribution in [-0.4, -0.2) is 26.7 Å². The van der Waals surface area contributed by atoms with Gasteiger partial charge >= 0.3 is 6.18 Å². The normalized spacial score (nSPS) is 11.8. The molecule has 0 aliphatic heterocycles. The topological polar surface area (TPSA) is 50.9 Å². The highest BCUT2D eigenvalue weighted by Crippen LogP contribution is 2.35. The predicted octanol–water partition coefficient (Wildman–Crippen LogP) is 2.58. The van der Waals surface area contributed by atoms with E-state index in [-0.39, 0.29) is 18.7 Å². The molecule has 0 saturated heterocycles. The van der Waals surface area contributed by atoms with Crippen molar-refractivity contribution in [3.63, 3.8) is 0 Å². The summed E-state index contributed by atoms with van der Waals surface area (Å²) in [5.74, 6) is 0. The summed E-state index contributed by atoms with van der Waals surface area (Å²) in [7, 11) is 0. The van der Waals surface area contributed by atoms with Crippen molar-refractivity contribution in [1.82, 2.24) is 15.0 Å². The molecule has 1 aromatic heterocycles. The van der Waals surface area contributed by atoms with E-state index in [1.165, 1.54) is 18.3 Å². The van der Waals surface area contributed by atoms with Gasteiger partial charge in [-0.1, -0.05) is 21.1 Å². The summed E-state index contributed by atoms with van der Waals surface area (Å²) in [6.45, 7) is -0.134. The van der Waals surface area contributed by atoms with E-state index < -0.39 is 11.7 Å². The van der Waals surface area contributed by atoms with Crippen LogP contribution in [0.25, 0.3) is 5.69 Å². The summed E-state index contributed by atoms with van der Waals surface area (Å²) in [6, 6.07) is 3.80. The Bertz CT molecular complexity index is 583. The fraction of sp³-hybridized carbons (Fsp3) is 0.273. The van der Waals surface area contributed by atoms with Crippen molar-refractivity contribution in [2.45, 2.75) is 12.6 Å². The van der Waals surface area contributed by atoms with E-state index in [0.29, 0.717) is 10.2 Å². The number of rotatable bonds is 3. The quantitative estimate of drug-likeness (QED) is 0.937. The molecule has 0 saturated carbocycles. The Balaban J connectivity index is 2.48. The van der Waals surface area contributed by atoms with Crippen molar-refractivity contribution in [3.8, 4) is 5.69 Å². The van der Waals surface area contributed by atoms with Crippen LogP contribution < -0.4 is 0 Å². The maximum atomic E-state index is 12.9. The second-order valence-corrected chi connectivity index (χ2v) is 4.70. The van der Waals surface area contributed by atoms with Gasteiger partial charge in [0.15, 0.2) is 0 Å². The number of aliphatic hydroxyl groups is 1. The first-order chi connectivity index (χ1) is 8.91. The fourth-order valence-electron chi connectivity index (χ4n) is 1.58. The van der Waals surface area contributed by atoms with Gasteiger partial charge in [0.1, 0.15) is 0 Å². The Kier molecular flexibility index (Phi) is 3.91. The van der Waals surface area contributed by atoms with Gasteiger partial charge in [0.05, 0.1) is 23.1 Å². The molecular formula is C11H9BrF3N3O. The van der Waals surface area contributed by atoms with Crippen molar-refractivity contribution >= 4 is 15.9 Å². The lowest BCUT2D eigenvalue weighted by Gasteiger charge is -2.12. The van der Waals surface area contributed by atoms with E-state index in [1.54, 1.807) is 0 Å². The van der Waals surface area contributed by atoms with Gasteiger partial charge in [0.2, 0.25) is 0 Å². The van der Waals surface area contributed by atoms with Gasteiger partial charge in [-0.25, -0.2) is 4.68 Å². The number of hydrogen-bond donors (Lipinski definition) is 1. The molecule has 0 spiro atoms. The van der Waals surface area contributed by atoms with Crippen LogP contribution in [0.15, 0.2) is 28.9 Å². The summed E-state index contributed by atoms with van der Waals surface area (Å²) < 4.78 is 40.2. The SMILES string of the molecule is OCCc1cn(-c2ccc(Br)cc2C(F)(F)F)nn1. The Labute approximate surface area is 115 Å². The fourth-order valence-corrected chi connectivity index (χ4v) is 1.94. The van der Waals surface area contributed by atoms with Crippen molar-refractivity contribution in [2.75, 3.05) is 6.61 Å². The van der Waals surface area contributed by atoms with Crippen molar-refractivity contribution in [2.24, 2.45) is 0 Å². The minimum Gasteiger partial charge on any atom is -0.396 e. The molecule has 2 aromatic rings. The van der Waals surface area contributed by atoms with Crippen LogP contribution in [0.3, 0.4) is 0 Å². The third-order valence-electron chi connectivity index (χ3n) is 2.42. The Morgan fingerprint density at radius 2 is 2.05 bits per heavy atom. The Morgan fingerprint density at radius 1 is 1.32 bits per heavy atom. The summed E-state index contributed by atoms with van der Waals surface area (Å²) in [5, 5.41) is 16.1. The monoisotopic (exact) mass is 335 g/mol. The molecule has 1 N–H and O–H groups in total. The largest absolute Gasteiger partial charge is 0.418 e. The first-order valence-electron chi connectivity index (χ1n) is 5.31. The minimum atomic E-state index is -4.48. The van der Waals surface area contributed by atoms with Gasteiger partial charge in [-0.15, -0.1) is 5.10 Å². The maximum absolute atomic E-state index is 12.9. The van der Waals surface area contributed by atoms with Gasteiger partial charge < -0.3 is 5.11 Å². The molecule has 1 heterocycles. The van der Waals surface area contributed by atoms with Gasteiger partial charge in [-0.3, -0.25) is 0 Å². The van der Waals surface area contributed by atoms with Crippen molar-refractivity contribution in [1.29, 1.82) is 0 Å². The van der Waals surface area contributed by atoms with Gasteiger partial charge in [-0.05, 0) is 18.2 Å². The Hall–Kier alpha value is -1.41. The first-order valence-corrected chi connectivity index (χ1v) is 6.10. The number of halogens is 4. The van der Waals surface area contributed by atoms with E-state index in [2.05, 4.69) is 26.2 Å². The standard InChI is InChI=1S/C11H9BrF3N3O/c12-7-1-2-10(9(5-7)11(13,14)15)18-6-8(3-4-19)16-17-18/h1-2,5-6,19H,3-4H2. The summed E-state index contributed by atoms with van der Waals surface area (Å²) in [4.78, 5) is 0. The van der Waals surface area contributed by atoms with Crippen LogP contribution in [-0.2, 0) is 12.6 Å². The highest BCUT2D eigenvalue weighted by molar-refractivity contribution is 9.10. The highest BCUT2D eigenvalue weighted by atomic mass is 79.9. The van der Waals surface area contributed by atoms with E-state index in [1.807, 2.05) is 0 Å². The van der Waals surface area contributed by atoms with Crippen LogP contribution in [0.5, 0.6) is 0 Å². The van der Waals surface area contributed by atoms with Crippen molar-refractivity contribution < 1.29 is 18.3 Å². The molecule has 0 atom stereocenters. The lowest BCUT2D eigenvalue weighted by molar-refractivity contribution is -0.137. The molecule has 0 aliphatic carbocycles. The summed E-state index contributed by atoms with van der Waals surface area (Å²) in [5.41, 5.74) is -0.478. The van der Waals surface area contributed by atoms with E-state index >= 15 is 0 Å². The van der Waals surface area contributed by atoms with Crippen LogP contribution in [0.2, 0.25) is 0 Å². The molecular weight excluding hydrogens is 327 g/mol. The third kappa shape index (κ3) is 3.13. The number of nitrogens with zero attached hydrogens (tertiary/aromatic N) is 3. The number of aliphatic hydroxyl groups excluding tert-OH is 1. The molecule has 0 amide bonds. The van der Waals surface area contributed by atoms with Crippen LogP contribution in [0.1, 0.15) is 11.3 Å². The average molecular weight is 336 g/mol. The second kappa shape index (κ2) is 5.30. The molecule has 19 heavy (non-hydrogen) atoms. The molecule has 0 unspecified atom stereocenters. The lowest BCUT2D eigenvalue weighted by atomic mass is 10.1. The molecule has 2 rings (SSSR count). The van der Waals surface area contributed by atoms with E-state index in [0.717, 1.165) is 10.7 Å². The van der Waals surface area contributed by atoms with Crippen molar-refractivity contribution in [3.05, 3.63) is 40.1 Å². The molecule has 0 aliphatic rings. The lowest BCUT2D eigenvalue weighted by Crippen LogP contribution is -2.11. The summed E-state index contributed by atoms with van der Waals surface area (Å²) in [6.07, 6.45) is -2.87. The molecule has 1 aromatic carbocycles. The summed E-state index contributed by atoms with van der Waals surface area (Å²) >= 11 is 3.01. The van der Waals surface area contributed by atoms with Gasteiger partial charge in [-0.2, -0.15) is 13.2 Å². The van der Waals surface area contributed by atoms with Gasteiger partial charge in [0.25, 0.3) is 0 Å².